The maximum atomic E-state index is 11.6. The molecule has 2 amide bonds. The molecular formula is C10H18N2O3. The third-order valence-electron chi connectivity index (χ3n) is 2.58. The van der Waals surface area contributed by atoms with Crippen LogP contribution in [0, 0.1) is 0 Å². The zero-order valence-corrected chi connectivity index (χ0v) is 9.27. The first kappa shape index (κ1) is 12.0. The zero-order valence-electron chi connectivity index (χ0n) is 9.27. The van der Waals surface area contributed by atoms with Gasteiger partial charge in [0.15, 0.2) is 0 Å². The largest absolute Gasteiger partial charge is 0.393 e. The normalized spacial score (nSPS) is 20.5. The van der Waals surface area contributed by atoms with Crippen LogP contribution in [0.25, 0.3) is 0 Å². The van der Waals surface area contributed by atoms with E-state index in [0.29, 0.717) is 25.9 Å². The first-order valence-corrected chi connectivity index (χ1v) is 5.20. The van der Waals surface area contributed by atoms with Gasteiger partial charge in [0.05, 0.1) is 12.6 Å². The molecule has 1 unspecified atom stereocenters. The molecule has 1 rings (SSSR count). The Morgan fingerprint density at radius 3 is 2.67 bits per heavy atom. The van der Waals surface area contributed by atoms with Crippen LogP contribution in [0.2, 0.25) is 0 Å². The molecule has 1 N–H and O–H groups in total. The molecule has 5 nitrogen and oxygen atoms in total. The molecule has 0 saturated carbocycles. The second-order valence-corrected chi connectivity index (χ2v) is 4.02. The van der Waals surface area contributed by atoms with Crippen molar-refractivity contribution in [3.8, 4) is 0 Å². The maximum absolute atomic E-state index is 11.6. The lowest BCUT2D eigenvalue weighted by molar-refractivity contribution is -0.135. The third kappa shape index (κ3) is 3.51. The summed E-state index contributed by atoms with van der Waals surface area (Å²) in [5.41, 5.74) is 0. The van der Waals surface area contributed by atoms with Gasteiger partial charge in [-0.3, -0.25) is 9.59 Å². The Morgan fingerprint density at radius 2 is 2.07 bits per heavy atom. The molecule has 5 heteroatoms. The van der Waals surface area contributed by atoms with Crippen molar-refractivity contribution in [3.05, 3.63) is 0 Å². The minimum Gasteiger partial charge on any atom is -0.393 e. The average Bonchev–Trinajstić information content (AvgIpc) is 2.29. The fraction of sp³-hybridized carbons (Fsp3) is 0.800. The maximum Gasteiger partial charge on any atom is 0.241 e. The van der Waals surface area contributed by atoms with E-state index in [1.807, 2.05) is 0 Å². The highest BCUT2D eigenvalue weighted by molar-refractivity contribution is 5.87. The Balaban J connectivity index is 2.54. The van der Waals surface area contributed by atoms with Crippen molar-refractivity contribution < 1.29 is 14.7 Å². The number of aliphatic hydroxyl groups is 1. The van der Waals surface area contributed by atoms with Crippen molar-refractivity contribution in [1.82, 2.24) is 9.80 Å². The van der Waals surface area contributed by atoms with Crippen molar-refractivity contribution in [2.45, 2.75) is 25.9 Å². The summed E-state index contributed by atoms with van der Waals surface area (Å²) in [4.78, 5) is 26.2. The quantitative estimate of drug-likeness (QED) is 0.685. The van der Waals surface area contributed by atoms with Crippen LogP contribution in [0.4, 0.5) is 0 Å². The number of hydrogen-bond donors (Lipinski definition) is 1. The summed E-state index contributed by atoms with van der Waals surface area (Å²) in [6.07, 6.45) is 0.457. The highest BCUT2D eigenvalue weighted by Gasteiger charge is 2.23. The van der Waals surface area contributed by atoms with E-state index in [9.17, 15) is 9.59 Å². The molecule has 1 aliphatic heterocycles. The number of carbonyl (C=O) groups is 2. The average molecular weight is 214 g/mol. The first-order chi connectivity index (χ1) is 7.00. The van der Waals surface area contributed by atoms with Gasteiger partial charge in [-0.25, -0.2) is 0 Å². The Morgan fingerprint density at radius 1 is 1.40 bits per heavy atom. The van der Waals surface area contributed by atoms with E-state index in [2.05, 4.69) is 0 Å². The fourth-order valence-electron chi connectivity index (χ4n) is 1.46. The molecule has 0 aromatic carbocycles. The molecule has 86 valence electrons. The summed E-state index contributed by atoms with van der Waals surface area (Å²) in [7, 11) is 1.70. The van der Waals surface area contributed by atoms with Crippen LogP contribution in [0.5, 0.6) is 0 Å². The molecule has 1 heterocycles. The Bertz CT molecular complexity index is 253. The first-order valence-electron chi connectivity index (χ1n) is 5.20. The monoisotopic (exact) mass is 214 g/mol. The van der Waals surface area contributed by atoms with Gasteiger partial charge in [-0.2, -0.15) is 0 Å². The SMILES string of the molecule is CC(O)CCN1CC(=O)N(C)CCC1=O. The number of likely N-dealkylation sites (N-methyl/N-ethyl adjacent to an activating group) is 1. The van der Waals surface area contributed by atoms with Crippen molar-refractivity contribution in [2.24, 2.45) is 0 Å². The number of hydrogen-bond acceptors (Lipinski definition) is 3. The van der Waals surface area contributed by atoms with Crippen LogP contribution < -0.4 is 0 Å². The summed E-state index contributed by atoms with van der Waals surface area (Å²) >= 11 is 0. The number of amides is 2. The number of carbonyl (C=O) groups excluding carboxylic acids is 2. The van der Waals surface area contributed by atoms with E-state index in [0.717, 1.165) is 0 Å². The van der Waals surface area contributed by atoms with Gasteiger partial charge in [0.25, 0.3) is 0 Å². The van der Waals surface area contributed by atoms with Gasteiger partial charge >= 0.3 is 0 Å². The second kappa shape index (κ2) is 5.11. The zero-order chi connectivity index (χ0) is 11.4. The van der Waals surface area contributed by atoms with Crippen LogP contribution in [0.15, 0.2) is 0 Å². The molecule has 0 radical (unpaired) electrons. The summed E-state index contributed by atoms with van der Waals surface area (Å²) in [6, 6.07) is 0. The smallest absolute Gasteiger partial charge is 0.241 e. The molecule has 0 spiro atoms. The molecule has 0 bridgehead atoms. The van der Waals surface area contributed by atoms with Gasteiger partial charge in [-0.05, 0) is 13.3 Å². The van der Waals surface area contributed by atoms with Gasteiger partial charge in [0, 0.05) is 26.6 Å². The predicted octanol–water partition coefficient (Wildman–Crippen LogP) is -0.552. The fourth-order valence-corrected chi connectivity index (χ4v) is 1.46. The second-order valence-electron chi connectivity index (χ2n) is 4.02. The third-order valence-corrected chi connectivity index (χ3v) is 2.58. The molecule has 15 heavy (non-hydrogen) atoms. The molecule has 1 saturated heterocycles. The van der Waals surface area contributed by atoms with Crippen LogP contribution >= 0.6 is 0 Å². The summed E-state index contributed by atoms with van der Waals surface area (Å²) in [5.74, 6) is -0.0419. The summed E-state index contributed by atoms with van der Waals surface area (Å²) < 4.78 is 0. The van der Waals surface area contributed by atoms with Crippen molar-refractivity contribution in [3.63, 3.8) is 0 Å². The van der Waals surface area contributed by atoms with Gasteiger partial charge in [0.1, 0.15) is 0 Å². The standard InChI is InChI=1S/C10H18N2O3/c1-8(13)3-6-12-7-10(15)11(2)5-4-9(12)14/h8,13H,3-7H2,1-2H3. The molecule has 0 aliphatic carbocycles. The molecule has 1 atom stereocenters. The van der Waals surface area contributed by atoms with E-state index in [1.54, 1.807) is 18.9 Å². The molecule has 1 aliphatic rings. The highest BCUT2D eigenvalue weighted by atomic mass is 16.3. The summed E-state index contributed by atoms with van der Waals surface area (Å²) in [6.45, 7) is 2.76. The van der Waals surface area contributed by atoms with E-state index in [1.165, 1.54) is 4.90 Å². The number of rotatable bonds is 3. The summed E-state index contributed by atoms with van der Waals surface area (Å²) in [5, 5.41) is 9.12. The minimum atomic E-state index is -0.436. The van der Waals surface area contributed by atoms with Crippen LogP contribution in [-0.4, -0.2) is 59.5 Å². The van der Waals surface area contributed by atoms with Gasteiger partial charge in [-0.15, -0.1) is 0 Å². The van der Waals surface area contributed by atoms with Crippen molar-refractivity contribution in [1.29, 1.82) is 0 Å². The highest BCUT2D eigenvalue weighted by Crippen LogP contribution is 2.05. The molecular weight excluding hydrogens is 196 g/mol. The molecule has 0 aromatic rings. The van der Waals surface area contributed by atoms with E-state index < -0.39 is 6.10 Å². The Labute approximate surface area is 89.7 Å². The van der Waals surface area contributed by atoms with Crippen LogP contribution in [0.3, 0.4) is 0 Å². The molecule has 1 fully saturated rings. The predicted molar refractivity (Wildman–Crippen MR) is 55.1 cm³/mol. The lowest BCUT2D eigenvalue weighted by atomic mass is 10.2. The van der Waals surface area contributed by atoms with Crippen LogP contribution in [0.1, 0.15) is 19.8 Å². The van der Waals surface area contributed by atoms with Crippen molar-refractivity contribution in [2.75, 3.05) is 26.7 Å². The Hall–Kier alpha value is -1.10. The minimum absolute atomic E-state index is 0.00616. The lowest BCUT2D eigenvalue weighted by Crippen LogP contribution is -2.37. The van der Waals surface area contributed by atoms with E-state index >= 15 is 0 Å². The lowest BCUT2D eigenvalue weighted by Gasteiger charge is -2.20. The van der Waals surface area contributed by atoms with E-state index in [4.69, 9.17) is 5.11 Å². The van der Waals surface area contributed by atoms with Gasteiger partial charge in [-0.1, -0.05) is 0 Å². The number of aliphatic hydroxyl groups excluding tert-OH is 1. The van der Waals surface area contributed by atoms with Gasteiger partial charge < -0.3 is 14.9 Å². The van der Waals surface area contributed by atoms with E-state index in [-0.39, 0.29) is 18.4 Å². The van der Waals surface area contributed by atoms with Gasteiger partial charge in [0.2, 0.25) is 11.8 Å². The van der Waals surface area contributed by atoms with Crippen molar-refractivity contribution >= 4 is 11.8 Å². The van der Waals surface area contributed by atoms with Crippen LogP contribution in [-0.2, 0) is 9.59 Å². The molecule has 0 aromatic heterocycles. The topological polar surface area (TPSA) is 60.9 Å². The Kier molecular flexibility index (Phi) is 4.08. The number of nitrogens with zero attached hydrogens (tertiary/aromatic N) is 2.